The summed E-state index contributed by atoms with van der Waals surface area (Å²) in [7, 11) is -3.63. The number of ether oxygens (including phenoxy) is 1. The molecule has 2 aromatic rings. The molecule has 10 heteroatoms. The predicted octanol–water partition coefficient (Wildman–Crippen LogP) is 5.86. The minimum Gasteiger partial charge on any atom is -0.481 e. The number of sulfone groups is 1. The van der Waals surface area contributed by atoms with Gasteiger partial charge in [0.15, 0.2) is 9.84 Å². The van der Waals surface area contributed by atoms with E-state index < -0.39 is 57.2 Å². The van der Waals surface area contributed by atoms with Gasteiger partial charge in [0.1, 0.15) is 12.2 Å². The normalized spacial score (nSPS) is 21.6. The molecule has 37 heavy (non-hydrogen) atoms. The van der Waals surface area contributed by atoms with Gasteiger partial charge in [-0.15, -0.1) is 0 Å². The topological polar surface area (TPSA) is 101 Å². The van der Waals surface area contributed by atoms with E-state index >= 15 is 0 Å². The fourth-order valence-electron chi connectivity index (χ4n) is 4.49. The molecule has 0 spiro atoms. The van der Waals surface area contributed by atoms with Crippen LogP contribution < -0.4 is 0 Å². The number of aliphatic carboxylic acids is 1. The molecule has 0 saturated carbocycles. The molecule has 1 aliphatic rings. The molecule has 1 fully saturated rings. The molecule has 1 saturated heterocycles. The number of carbonyl (C=O) groups is 2. The molecule has 0 aromatic heterocycles. The Morgan fingerprint density at radius 1 is 1.08 bits per heavy atom. The van der Waals surface area contributed by atoms with Gasteiger partial charge in [0.25, 0.3) is 5.91 Å². The molecular formula is C27H33Cl2NO6S. The van der Waals surface area contributed by atoms with E-state index in [0.717, 1.165) is 0 Å². The first kappa shape index (κ1) is 29.4. The summed E-state index contributed by atoms with van der Waals surface area (Å²) in [6.45, 7) is 6.98. The molecule has 1 N–H and O–H groups in total. The van der Waals surface area contributed by atoms with E-state index in [2.05, 4.69) is 0 Å². The lowest BCUT2D eigenvalue weighted by molar-refractivity contribution is -0.182. The molecule has 1 heterocycles. The predicted molar refractivity (Wildman–Crippen MR) is 145 cm³/mol. The van der Waals surface area contributed by atoms with Crippen LogP contribution in [0, 0.1) is 0 Å². The Morgan fingerprint density at radius 2 is 1.73 bits per heavy atom. The van der Waals surface area contributed by atoms with E-state index in [0.29, 0.717) is 34.0 Å². The Kier molecular flexibility index (Phi) is 9.32. The Hall–Kier alpha value is -2.13. The van der Waals surface area contributed by atoms with Gasteiger partial charge in [-0.05, 0) is 62.1 Å². The number of hydrogen-bond donors (Lipinski definition) is 1. The molecule has 1 amide bonds. The Morgan fingerprint density at radius 3 is 2.27 bits per heavy atom. The Labute approximate surface area is 228 Å². The average molecular weight is 571 g/mol. The van der Waals surface area contributed by atoms with Crippen LogP contribution in [0.25, 0.3) is 0 Å². The quantitative estimate of drug-likeness (QED) is 0.384. The molecule has 202 valence electrons. The molecule has 2 aromatic carbocycles. The third kappa shape index (κ3) is 6.48. The highest BCUT2D eigenvalue weighted by atomic mass is 35.5. The van der Waals surface area contributed by atoms with E-state index in [1.165, 1.54) is 4.90 Å². The lowest BCUT2D eigenvalue weighted by Crippen LogP contribution is -2.57. The van der Waals surface area contributed by atoms with Gasteiger partial charge in [-0.25, -0.2) is 8.42 Å². The second-order valence-corrected chi connectivity index (χ2v) is 13.4. The van der Waals surface area contributed by atoms with Crippen LogP contribution in [0.4, 0.5) is 0 Å². The smallest absolute Gasteiger partial charge is 0.306 e. The van der Waals surface area contributed by atoms with E-state index in [9.17, 15) is 23.1 Å². The highest BCUT2D eigenvalue weighted by molar-refractivity contribution is 7.92. The Balaban J connectivity index is 2.21. The summed E-state index contributed by atoms with van der Waals surface area (Å²) in [5.74, 6) is -2.01. The van der Waals surface area contributed by atoms with Crippen molar-refractivity contribution >= 4 is 44.9 Å². The Bertz CT molecular complexity index is 1230. The largest absolute Gasteiger partial charge is 0.481 e. The summed E-state index contributed by atoms with van der Waals surface area (Å²) < 4.78 is 32.1. The van der Waals surface area contributed by atoms with E-state index in [1.807, 2.05) is 13.8 Å². The highest BCUT2D eigenvalue weighted by Crippen LogP contribution is 2.45. The molecule has 0 bridgehead atoms. The molecular weight excluding hydrogens is 537 g/mol. The zero-order valence-electron chi connectivity index (χ0n) is 21.4. The molecule has 0 aliphatic carbocycles. The van der Waals surface area contributed by atoms with Gasteiger partial charge < -0.3 is 14.7 Å². The summed E-state index contributed by atoms with van der Waals surface area (Å²) in [6.07, 6.45) is -1.88. The molecule has 2 unspecified atom stereocenters. The maximum Gasteiger partial charge on any atom is 0.306 e. The third-order valence-electron chi connectivity index (χ3n) is 7.15. The van der Waals surface area contributed by atoms with Crippen molar-refractivity contribution in [2.24, 2.45) is 0 Å². The summed E-state index contributed by atoms with van der Waals surface area (Å²) in [4.78, 5) is 27.0. The summed E-state index contributed by atoms with van der Waals surface area (Å²) in [6, 6.07) is 12.4. The third-order valence-corrected chi connectivity index (χ3v) is 10.4. The molecule has 7 nitrogen and oxygen atoms in total. The van der Waals surface area contributed by atoms with Gasteiger partial charge in [-0.3, -0.25) is 9.59 Å². The maximum atomic E-state index is 13.9. The average Bonchev–Trinajstić information content (AvgIpc) is 2.84. The summed E-state index contributed by atoms with van der Waals surface area (Å²) in [5, 5.41) is 10.5. The fraction of sp³-hybridized carbons (Fsp3) is 0.481. The number of amides is 1. The standard InChI is InChI=1S/C27H33Cl2NO6S/c1-5-21(16-37(34,35)27(3,4)6-2)30-24(17-10-12-19(28)13-11-17)25(18-8-7-9-20(29)14-18)36-22(26(30)33)15-23(31)32/h7-14,21-22,24-25H,5-6,15-16H2,1-4H3,(H,31,32)/t21?,22-,24?,25+/m0/s1. The van der Waals surface area contributed by atoms with Crippen molar-refractivity contribution < 1.29 is 27.9 Å². The SMILES string of the molecule is CCC(CS(=O)(=O)C(C)(C)CC)N1C(=O)[C@H](CC(=O)O)O[C@H](c2cccc(Cl)c2)C1c1ccc(Cl)cc1. The van der Waals surface area contributed by atoms with Crippen LogP contribution in [0.5, 0.6) is 0 Å². The van der Waals surface area contributed by atoms with Crippen molar-refractivity contribution in [3.8, 4) is 0 Å². The highest BCUT2D eigenvalue weighted by Gasteiger charge is 2.48. The lowest BCUT2D eigenvalue weighted by Gasteiger charge is -2.48. The molecule has 0 radical (unpaired) electrons. The van der Waals surface area contributed by atoms with Gasteiger partial charge in [0, 0.05) is 16.1 Å². The van der Waals surface area contributed by atoms with Crippen molar-refractivity contribution in [1.29, 1.82) is 0 Å². The van der Waals surface area contributed by atoms with Crippen LogP contribution in [-0.2, 0) is 24.2 Å². The van der Waals surface area contributed by atoms with Crippen LogP contribution in [-0.4, -0.2) is 52.9 Å². The second kappa shape index (κ2) is 11.7. The van der Waals surface area contributed by atoms with Crippen LogP contribution in [0.3, 0.4) is 0 Å². The van der Waals surface area contributed by atoms with Crippen LogP contribution >= 0.6 is 23.2 Å². The molecule has 4 atom stereocenters. The van der Waals surface area contributed by atoms with Gasteiger partial charge >= 0.3 is 5.97 Å². The summed E-state index contributed by atoms with van der Waals surface area (Å²) in [5.41, 5.74) is 1.33. The summed E-state index contributed by atoms with van der Waals surface area (Å²) >= 11 is 12.4. The molecule has 3 rings (SSSR count). The van der Waals surface area contributed by atoms with Crippen molar-refractivity contribution in [2.45, 2.75) is 76.0 Å². The number of carbonyl (C=O) groups excluding carboxylic acids is 1. The van der Waals surface area contributed by atoms with Gasteiger partial charge in [-0.1, -0.05) is 61.3 Å². The maximum absolute atomic E-state index is 13.9. The monoisotopic (exact) mass is 569 g/mol. The van der Waals surface area contributed by atoms with Crippen molar-refractivity contribution in [2.75, 3.05) is 5.75 Å². The molecule has 1 aliphatic heterocycles. The van der Waals surface area contributed by atoms with Crippen molar-refractivity contribution in [3.05, 3.63) is 69.7 Å². The first-order chi connectivity index (χ1) is 17.3. The number of nitrogens with zero attached hydrogens (tertiary/aromatic N) is 1. The number of morpholine rings is 1. The number of rotatable bonds is 10. The van der Waals surface area contributed by atoms with Gasteiger partial charge in [0.05, 0.1) is 23.0 Å². The van der Waals surface area contributed by atoms with Crippen LogP contribution in [0.1, 0.15) is 70.2 Å². The first-order valence-electron chi connectivity index (χ1n) is 12.2. The number of carboxylic acid groups (broad SMARTS) is 1. The fourth-order valence-corrected chi connectivity index (χ4v) is 6.61. The van der Waals surface area contributed by atoms with Crippen molar-refractivity contribution in [1.82, 2.24) is 4.90 Å². The number of carboxylic acids is 1. The zero-order chi connectivity index (χ0) is 27.5. The van der Waals surface area contributed by atoms with Gasteiger partial charge in [-0.2, -0.15) is 0 Å². The van der Waals surface area contributed by atoms with Crippen LogP contribution in [0.15, 0.2) is 48.5 Å². The first-order valence-corrected chi connectivity index (χ1v) is 14.6. The van der Waals surface area contributed by atoms with E-state index in [4.69, 9.17) is 27.9 Å². The van der Waals surface area contributed by atoms with Gasteiger partial charge in [0.2, 0.25) is 0 Å². The van der Waals surface area contributed by atoms with Crippen molar-refractivity contribution in [3.63, 3.8) is 0 Å². The minimum atomic E-state index is -3.63. The lowest BCUT2D eigenvalue weighted by atomic mass is 9.89. The van der Waals surface area contributed by atoms with E-state index in [-0.39, 0.29) is 5.75 Å². The number of halogens is 2. The minimum absolute atomic E-state index is 0.262. The zero-order valence-corrected chi connectivity index (χ0v) is 23.7. The second-order valence-electron chi connectivity index (χ2n) is 9.90. The van der Waals surface area contributed by atoms with Crippen LogP contribution in [0.2, 0.25) is 10.0 Å². The number of benzene rings is 2. The number of hydrogen-bond acceptors (Lipinski definition) is 5. The van der Waals surface area contributed by atoms with E-state index in [1.54, 1.807) is 62.4 Å².